The van der Waals surface area contributed by atoms with Gasteiger partial charge in [0.1, 0.15) is 5.82 Å². The fraction of sp³-hybridized carbons (Fsp3) is 0.625. The molecule has 0 bridgehead atoms. The number of hydrogen-bond donors (Lipinski definition) is 2. The van der Waals surface area contributed by atoms with Gasteiger partial charge in [-0.05, 0) is 50.2 Å². The first-order chi connectivity index (χ1) is 10.1. The molecule has 1 aliphatic carbocycles. The third-order valence-electron chi connectivity index (χ3n) is 4.78. The van der Waals surface area contributed by atoms with Gasteiger partial charge in [-0.15, -0.1) is 0 Å². The molecule has 1 fully saturated rings. The van der Waals surface area contributed by atoms with Crippen molar-refractivity contribution in [3.63, 3.8) is 0 Å². The number of hydrogen-bond acceptors (Lipinski definition) is 4. The maximum Gasteiger partial charge on any atom is 0.174 e. The van der Waals surface area contributed by atoms with Gasteiger partial charge in [-0.25, -0.2) is 4.98 Å². The van der Waals surface area contributed by atoms with E-state index in [2.05, 4.69) is 29.0 Å². The van der Waals surface area contributed by atoms with Gasteiger partial charge in [0.2, 0.25) is 0 Å². The van der Waals surface area contributed by atoms with Crippen LogP contribution in [0.4, 0.5) is 5.82 Å². The number of anilines is 1. The van der Waals surface area contributed by atoms with Crippen LogP contribution in [-0.4, -0.2) is 29.1 Å². The van der Waals surface area contributed by atoms with E-state index in [0.717, 1.165) is 22.9 Å². The number of aryl methyl sites for hydroxylation is 1. The van der Waals surface area contributed by atoms with E-state index in [1.165, 1.54) is 32.1 Å². The van der Waals surface area contributed by atoms with Gasteiger partial charge in [0.15, 0.2) is 5.84 Å². The molecule has 0 radical (unpaired) electrons. The van der Waals surface area contributed by atoms with Gasteiger partial charge in [0, 0.05) is 19.3 Å². The van der Waals surface area contributed by atoms with E-state index in [1.807, 2.05) is 13.0 Å². The van der Waals surface area contributed by atoms with Crippen molar-refractivity contribution in [3.05, 3.63) is 23.4 Å². The Bertz CT molecular complexity index is 507. The molecule has 0 saturated heterocycles. The van der Waals surface area contributed by atoms with Crippen LogP contribution in [0.3, 0.4) is 0 Å². The number of aromatic nitrogens is 1. The Morgan fingerprint density at radius 3 is 2.67 bits per heavy atom. The summed E-state index contributed by atoms with van der Waals surface area (Å²) in [6.45, 7) is 4.23. The van der Waals surface area contributed by atoms with Crippen LogP contribution in [0, 0.1) is 12.8 Å². The topological polar surface area (TPSA) is 74.7 Å². The molecule has 0 amide bonds. The summed E-state index contributed by atoms with van der Waals surface area (Å²) in [4.78, 5) is 6.68. The molecule has 0 aliphatic heterocycles. The predicted molar refractivity (Wildman–Crippen MR) is 85.9 cm³/mol. The molecule has 1 heterocycles. The molecule has 21 heavy (non-hydrogen) atoms. The van der Waals surface area contributed by atoms with E-state index in [0.29, 0.717) is 6.04 Å². The monoisotopic (exact) mass is 290 g/mol. The van der Waals surface area contributed by atoms with Crippen LogP contribution in [0.5, 0.6) is 0 Å². The van der Waals surface area contributed by atoms with Gasteiger partial charge in [0.25, 0.3) is 0 Å². The Labute approximate surface area is 126 Å². The highest BCUT2D eigenvalue weighted by Gasteiger charge is 2.26. The number of pyridine rings is 1. The summed E-state index contributed by atoms with van der Waals surface area (Å²) in [5.41, 5.74) is 7.55. The second kappa shape index (κ2) is 6.78. The molecule has 2 rings (SSSR count). The molecule has 0 aromatic carbocycles. The number of amidine groups is 1. The van der Waals surface area contributed by atoms with E-state index in [-0.39, 0.29) is 5.84 Å². The molecule has 0 spiro atoms. The smallest absolute Gasteiger partial charge is 0.174 e. The van der Waals surface area contributed by atoms with Gasteiger partial charge >= 0.3 is 0 Å². The Morgan fingerprint density at radius 2 is 2.10 bits per heavy atom. The van der Waals surface area contributed by atoms with Crippen molar-refractivity contribution in [1.82, 2.24) is 4.98 Å². The van der Waals surface area contributed by atoms with E-state index in [9.17, 15) is 0 Å². The molecule has 1 saturated carbocycles. The third kappa shape index (κ3) is 3.28. The second-order valence-electron chi connectivity index (χ2n) is 6.01. The lowest BCUT2D eigenvalue weighted by Gasteiger charge is -2.36. The van der Waals surface area contributed by atoms with Crippen LogP contribution in [0.1, 0.15) is 50.2 Å². The fourth-order valence-corrected chi connectivity index (χ4v) is 3.29. The van der Waals surface area contributed by atoms with E-state index >= 15 is 0 Å². The summed E-state index contributed by atoms with van der Waals surface area (Å²) >= 11 is 0. The number of rotatable bonds is 4. The Kier molecular flexibility index (Phi) is 5.04. The first kappa shape index (κ1) is 15.6. The minimum atomic E-state index is 0.129. The SMILES string of the molecule is CCC1CCC(N(C)c2nccc(C)c2/C(N)=N/O)CC1. The maximum atomic E-state index is 9.01. The Morgan fingerprint density at radius 1 is 1.43 bits per heavy atom. The molecule has 0 atom stereocenters. The van der Waals surface area contributed by atoms with Crippen LogP contribution in [0.25, 0.3) is 0 Å². The normalized spacial score (nSPS) is 23.1. The molecule has 1 aliphatic rings. The first-order valence-electron chi connectivity index (χ1n) is 7.74. The van der Waals surface area contributed by atoms with Gasteiger partial charge in [-0.1, -0.05) is 18.5 Å². The zero-order valence-corrected chi connectivity index (χ0v) is 13.2. The zero-order chi connectivity index (χ0) is 15.4. The molecule has 3 N–H and O–H groups in total. The summed E-state index contributed by atoms with van der Waals surface area (Å²) in [5.74, 6) is 1.80. The largest absolute Gasteiger partial charge is 0.409 e. The summed E-state index contributed by atoms with van der Waals surface area (Å²) in [6.07, 6.45) is 7.97. The molecule has 5 nitrogen and oxygen atoms in total. The summed E-state index contributed by atoms with van der Waals surface area (Å²) in [6, 6.07) is 2.37. The van der Waals surface area contributed by atoms with Crippen molar-refractivity contribution in [2.45, 2.75) is 52.0 Å². The lowest BCUT2D eigenvalue weighted by atomic mass is 9.84. The quantitative estimate of drug-likeness (QED) is 0.387. The van der Waals surface area contributed by atoms with E-state index < -0.39 is 0 Å². The molecular formula is C16H26N4O. The van der Waals surface area contributed by atoms with Crippen molar-refractivity contribution in [3.8, 4) is 0 Å². The van der Waals surface area contributed by atoms with Crippen LogP contribution in [0.15, 0.2) is 17.4 Å². The van der Waals surface area contributed by atoms with Gasteiger partial charge in [-0.3, -0.25) is 0 Å². The van der Waals surface area contributed by atoms with Crippen LogP contribution in [-0.2, 0) is 0 Å². The van der Waals surface area contributed by atoms with Crippen LogP contribution >= 0.6 is 0 Å². The lowest BCUT2D eigenvalue weighted by Crippen LogP contribution is -2.37. The standard InChI is InChI=1S/C16H26N4O/c1-4-12-5-7-13(8-6-12)20(3)16-14(15(17)19-21)11(2)9-10-18-16/h9-10,12-13,21H,4-8H2,1-3H3,(H2,17,19). The molecular weight excluding hydrogens is 264 g/mol. The first-order valence-corrected chi connectivity index (χ1v) is 7.74. The maximum absolute atomic E-state index is 9.01. The molecule has 5 heteroatoms. The third-order valence-corrected chi connectivity index (χ3v) is 4.78. The van der Waals surface area contributed by atoms with Crippen molar-refractivity contribution < 1.29 is 5.21 Å². The molecule has 1 aromatic rings. The highest BCUT2D eigenvalue weighted by Crippen LogP contribution is 2.32. The number of nitrogens with two attached hydrogens (primary N) is 1. The summed E-state index contributed by atoms with van der Waals surface area (Å²) < 4.78 is 0. The average molecular weight is 290 g/mol. The second-order valence-corrected chi connectivity index (χ2v) is 6.01. The minimum Gasteiger partial charge on any atom is -0.409 e. The molecule has 1 aromatic heterocycles. The van der Waals surface area contributed by atoms with Gasteiger partial charge < -0.3 is 15.8 Å². The number of nitrogens with zero attached hydrogens (tertiary/aromatic N) is 3. The van der Waals surface area contributed by atoms with E-state index in [4.69, 9.17) is 10.9 Å². The van der Waals surface area contributed by atoms with Crippen molar-refractivity contribution in [1.29, 1.82) is 0 Å². The van der Waals surface area contributed by atoms with Crippen molar-refractivity contribution in [2.24, 2.45) is 16.8 Å². The van der Waals surface area contributed by atoms with E-state index in [1.54, 1.807) is 6.20 Å². The number of oxime groups is 1. The zero-order valence-electron chi connectivity index (χ0n) is 13.2. The summed E-state index contributed by atoms with van der Waals surface area (Å²) in [7, 11) is 2.06. The molecule has 116 valence electrons. The molecule has 0 unspecified atom stereocenters. The highest BCUT2D eigenvalue weighted by atomic mass is 16.4. The average Bonchev–Trinajstić information content (AvgIpc) is 2.53. The fourth-order valence-electron chi connectivity index (χ4n) is 3.29. The van der Waals surface area contributed by atoms with Crippen LogP contribution in [0.2, 0.25) is 0 Å². The van der Waals surface area contributed by atoms with Gasteiger partial charge in [0.05, 0.1) is 5.56 Å². The van der Waals surface area contributed by atoms with Crippen LogP contribution < -0.4 is 10.6 Å². The van der Waals surface area contributed by atoms with Crippen molar-refractivity contribution >= 4 is 11.7 Å². The Balaban J connectivity index is 2.24. The predicted octanol–water partition coefficient (Wildman–Crippen LogP) is 2.89. The highest BCUT2D eigenvalue weighted by molar-refractivity contribution is 6.02. The summed E-state index contributed by atoms with van der Waals surface area (Å²) in [5, 5.41) is 12.2. The lowest BCUT2D eigenvalue weighted by molar-refractivity contribution is 0.312. The Hall–Kier alpha value is -1.78. The minimum absolute atomic E-state index is 0.129. The van der Waals surface area contributed by atoms with Crippen molar-refractivity contribution in [2.75, 3.05) is 11.9 Å². The van der Waals surface area contributed by atoms with Gasteiger partial charge in [-0.2, -0.15) is 0 Å².